The van der Waals surface area contributed by atoms with Gasteiger partial charge in [-0.05, 0) is 141 Å². The summed E-state index contributed by atoms with van der Waals surface area (Å²) in [6, 6.07) is 87.9. The first-order chi connectivity index (χ1) is 31.2. The van der Waals surface area contributed by atoms with E-state index in [4.69, 9.17) is 0 Å². The Kier molecular flexibility index (Phi) is 10.0. The maximum Gasteiger partial charge on any atom is 0.0528 e. The van der Waals surface area contributed by atoms with Crippen molar-refractivity contribution in [1.29, 1.82) is 0 Å². The van der Waals surface area contributed by atoms with E-state index in [1.54, 1.807) is 0 Å². The van der Waals surface area contributed by atoms with Gasteiger partial charge in [0.15, 0.2) is 0 Å². The van der Waals surface area contributed by atoms with Gasteiger partial charge in [-0.2, -0.15) is 0 Å². The number of hydrogen-bond acceptors (Lipinski definition) is 1. The molecule has 0 spiro atoms. The van der Waals surface area contributed by atoms with Crippen molar-refractivity contribution >= 4 is 38.9 Å². The fourth-order valence-corrected chi connectivity index (χ4v) is 9.11. The Balaban J connectivity index is 0.811. The lowest BCUT2D eigenvalue weighted by molar-refractivity contribution is 0.805. The van der Waals surface area contributed by atoms with E-state index in [9.17, 15) is 0 Å². The maximum absolute atomic E-state index is 2.32. The number of benzene rings is 9. The standard InChI is InChI=1S/C60H45N3/c1-3-11-49(12-4-1)58(43-44-19-31-53(32-20-44)61-41-39-51-13-7-9-17-59(51)61)50-27-25-47(26-28-50)45-21-23-46(24-22-45)48-29-33-56(34-30-48)63(55-15-5-2-6-16-55)57-37-35-54(36-38-57)62-42-40-52-14-8-10-18-60(52)62/h1-42,58H,43H2. The molecule has 0 amide bonds. The average Bonchev–Trinajstić information content (AvgIpc) is 4.00. The Bertz CT molecular complexity index is 3250. The van der Waals surface area contributed by atoms with Crippen molar-refractivity contribution in [2.24, 2.45) is 0 Å². The van der Waals surface area contributed by atoms with Crippen LogP contribution < -0.4 is 4.90 Å². The number of fused-ring (bicyclic) bond motifs is 2. The minimum absolute atomic E-state index is 0.242. The van der Waals surface area contributed by atoms with Gasteiger partial charge in [0.25, 0.3) is 0 Å². The van der Waals surface area contributed by atoms with Crippen LogP contribution in [0.2, 0.25) is 0 Å². The van der Waals surface area contributed by atoms with Gasteiger partial charge in [0, 0.05) is 46.7 Å². The Morgan fingerprint density at radius 1 is 0.317 bits per heavy atom. The molecule has 63 heavy (non-hydrogen) atoms. The minimum atomic E-state index is 0.242. The SMILES string of the molecule is c1ccc(C(Cc2ccc(-n3ccc4ccccc43)cc2)c2ccc(-c3ccc(-c4ccc(N(c5ccccc5)c5ccc(-n6ccc7ccccc76)cc5)cc4)cc3)cc2)cc1. The van der Waals surface area contributed by atoms with Crippen LogP contribution in [0.5, 0.6) is 0 Å². The van der Waals surface area contributed by atoms with Crippen LogP contribution in [0.3, 0.4) is 0 Å². The first-order valence-electron chi connectivity index (χ1n) is 21.7. The lowest BCUT2D eigenvalue weighted by Gasteiger charge is -2.26. The summed E-state index contributed by atoms with van der Waals surface area (Å²) in [6.07, 6.45) is 5.23. The lowest BCUT2D eigenvalue weighted by atomic mass is 9.85. The summed E-state index contributed by atoms with van der Waals surface area (Å²) >= 11 is 0. The molecule has 300 valence electrons. The van der Waals surface area contributed by atoms with Gasteiger partial charge in [0.2, 0.25) is 0 Å². The zero-order valence-electron chi connectivity index (χ0n) is 34.9. The molecule has 9 aromatic carbocycles. The van der Waals surface area contributed by atoms with E-state index >= 15 is 0 Å². The molecule has 11 rings (SSSR count). The summed E-state index contributed by atoms with van der Waals surface area (Å²) in [5, 5.41) is 2.49. The van der Waals surface area contributed by atoms with Gasteiger partial charge in [0.05, 0.1) is 11.0 Å². The number of para-hydroxylation sites is 3. The van der Waals surface area contributed by atoms with E-state index in [0.29, 0.717) is 0 Å². The zero-order chi connectivity index (χ0) is 42.0. The highest BCUT2D eigenvalue weighted by Crippen LogP contribution is 2.37. The van der Waals surface area contributed by atoms with Crippen LogP contribution in [-0.4, -0.2) is 9.13 Å². The van der Waals surface area contributed by atoms with Gasteiger partial charge in [0.1, 0.15) is 0 Å². The Hall–Kier alpha value is -8.14. The highest BCUT2D eigenvalue weighted by Gasteiger charge is 2.17. The second kappa shape index (κ2) is 16.7. The molecule has 0 N–H and O–H groups in total. The predicted octanol–water partition coefficient (Wildman–Crippen LogP) is 15.8. The third-order valence-electron chi connectivity index (χ3n) is 12.4. The number of aromatic nitrogens is 2. The molecule has 1 unspecified atom stereocenters. The van der Waals surface area contributed by atoms with E-state index in [0.717, 1.165) is 29.2 Å². The molecule has 0 saturated carbocycles. The van der Waals surface area contributed by atoms with Crippen LogP contribution in [0.1, 0.15) is 22.6 Å². The lowest BCUT2D eigenvalue weighted by Crippen LogP contribution is -2.09. The summed E-state index contributed by atoms with van der Waals surface area (Å²) in [7, 11) is 0. The first-order valence-corrected chi connectivity index (χ1v) is 21.7. The van der Waals surface area contributed by atoms with E-state index in [1.165, 1.54) is 66.4 Å². The smallest absolute Gasteiger partial charge is 0.0528 e. The maximum atomic E-state index is 2.32. The quantitative estimate of drug-likeness (QED) is 0.127. The molecule has 3 heteroatoms. The van der Waals surface area contributed by atoms with Crippen LogP contribution in [0.4, 0.5) is 17.1 Å². The Labute approximate surface area is 369 Å². The fourth-order valence-electron chi connectivity index (χ4n) is 9.11. The van der Waals surface area contributed by atoms with Crippen LogP contribution in [0.25, 0.3) is 55.4 Å². The van der Waals surface area contributed by atoms with Crippen molar-refractivity contribution in [2.75, 3.05) is 4.90 Å². The predicted molar refractivity (Wildman–Crippen MR) is 264 cm³/mol. The summed E-state index contributed by atoms with van der Waals surface area (Å²) in [6.45, 7) is 0. The highest BCUT2D eigenvalue weighted by molar-refractivity contribution is 5.84. The van der Waals surface area contributed by atoms with Crippen LogP contribution in [0.15, 0.2) is 255 Å². The monoisotopic (exact) mass is 807 g/mol. The third kappa shape index (κ3) is 7.62. The number of nitrogens with zero attached hydrogens (tertiary/aromatic N) is 3. The average molecular weight is 808 g/mol. The topological polar surface area (TPSA) is 13.1 Å². The molecule has 0 saturated heterocycles. The molecule has 0 radical (unpaired) electrons. The number of hydrogen-bond donors (Lipinski definition) is 0. The van der Waals surface area contributed by atoms with E-state index in [-0.39, 0.29) is 5.92 Å². The molecule has 0 aliphatic heterocycles. The molecule has 0 bridgehead atoms. The molecule has 0 aliphatic carbocycles. The van der Waals surface area contributed by atoms with Crippen molar-refractivity contribution < 1.29 is 0 Å². The minimum Gasteiger partial charge on any atom is -0.317 e. The van der Waals surface area contributed by atoms with E-state index in [1.807, 2.05) is 0 Å². The molecule has 0 fully saturated rings. The summed E-state index contributed by atoms with van der Waals surface area (Å²) in [5.74, 6) is 0.242. The van der Waals surface area contributed by atoms with E-state index < -0.39 is 0 Å². The summed E-state index contributed by atoms with van der Waals surface area (Å²) in [5.41, 5.74) is 16.8. The molecule has 2 aromatic heterocycles. The van der Waals surface area contributed by atoms with Gasteiger partial charge in [-0.1, -0.05) is 158 Å². The highest BCUT2D eigenvalue weighted by atomic mass is 15.1. The second-order valence-corrected chi connectivity index (χ2v) is 16.3. The van der Waals surface area contributed by atoms with Gasteiger partial charge in [-0.15, -0.1) is 0 Å². The van der Waals surface area contributed by atoms with Crippen molar-refractivity contribution in [3.63, 3.8) is 0 Å². The van der Waals surface area contributed by atoms with Crippen LogP contribution >= 0.6 is 0 Å². The van der Waals surface area contributed by atoms with Crippen LogP contribution in [0, 0.1) is 0 Å². The molecule has 0 aliphatic rings. The van der Waals surface area contributed by atoms with Crippen molar-refractivity contribution in [1.82, 2.24) is 9.13 Å². The van der Waals surface area contributed by atoms with Crippen molar-refractivity contribution in [3.8, 4) is 33.6 Å². The van der Waals surface area contributed by atoms with Gasteiger partial charge in [-0.25, -0.2) is 0 Å². The number of rotatable bonds is 11. The second-order valence-electron chi connectivity index (χ2n) is 16.3. The van der Waals surface area contributed by atoms with Gasteiger partial charge < -0.3 is 14.0 Å². The van der Waals surface area contributed by atoms with Gasteiger partial charge in [-0.3, -0.25) is 0 Å². The Morgan fingerprint density at radius 2 is 0.698 bits per heavy atom. The molecule has 1 atom stereocenters. The van der Waals surface area contributed by atoms with Crippen molar-refractivity contribution in [3.05, 3.63) is 272 Å². The summed E-state index contributed by atoms with van der Waals surface area (Å²) < 4.78 is 4.51. The summed E-state index contributed by atoms with van der Waals surface area (Å²) in [4.78, 5) is 2.32. The van der Waals surface area contributed by atoms with Crippen molar-refractivity contribution in [2.45, 2.75) is 12.3 Å². The fraction of sp³-hybridized carbons (Fsp3) is 0.0333. The van der Waals surface area contributed by atoms with E-state index in [2.05, 4.69) is 269 Å². The first kappa shape index (κ1) is 37.8. The third-order valence-corrected chi connectivity index (χ3v) is 12.4. The number of anilines is 3. The van der Waals surface area contributed by atoms with Crippen LogP contribution in [-0.2, 0) is 6.42 Å². The normalized spacial score (nSPS) is 11.8. The largest absolute Gasteiger partial charge is 0.317 e. The molecular weight excluding hydrogens is 763 g/mol. The molecule has 3 nitrogen and oxygen atoms in total. The Morgan fingerprint density at radius 3 is 1.22 bits per heavy atom. The van der Waals surface area contributed by atoms with Gasteiger partial charge >= 0.3 is 0 Å². The zero-order valence-corrected chi connectivity index (χ0v) is 34.9. The molecule has 2 heterocycles. The molecular formula is C60H45N3. The molecule has 11 aromatic rings.